The Bertz CT molecular complexity index is 782. The van der Waals surface area contributed by atoms with Crippen molar-refractivity contribution in [2.24, 2.45) is 0 Å². The van der Waals surface area contributed by atoms with Crippen molar-refractivity contribution in [3.8, 4) is 5.75 Å². The number of aliphatic hydroxyl groups excluding tert-OH is 1. The van der Waals surface area contributed by atoms with Gasteiger partial charge < -0.3 is 10.4 Å². The van der Waals surface area contributed by atoms with Gasteiger partial charge >= 0.3 is 5.97 Å². The second kappa shape index (κ2) is 9.22. The van der Waals surface area contributed by atoms with Crippen LogP contribution in [0.2, 0.25) is 5.02 Å². The Morgan fingerprint density at radius 2 is 2.07 bits per heavy atom. The van der Waals surface area contributed by atoms with Crippen molar-refractivity contribution in [2.45, 2.75) is 44.2 Å². The van der Waals surface area contributed by atoms with Crippen molar-refractivity contribution >= 4 is 17.6 Å². The van der Waals surface area contributed by atoms with Crippen molar-refractivity contribution in [2.75, 3.05) is 6.54 Å². The number of nitrogens with one attached hydrogen (secondary N) is 1. The van der Waals surface area contributed by atoms with Crippen LogP contribution in [0.25, 0.3) is 0 Å². The molecule has 5 nitrogen and oxygen atoms in total. The Morgan fingerprint density at radius 1 is 1.26 bits per heavy atom. The van der Waals surface area contributed by atoms with Crippen LogP contribution in [-0.4, -0.2) is 23.7 Å². The number of aliphatic hydroxyl groups is 1. The van der Waals surface area contributed by atoms with Crippen molar-refractivity contribution in [1.82, 2.24) is 5.32 Å². The zero-order valence-corrected chi connectivity index (χ0v) is 16.0. The number of carbonyl (C=O) groups excluding carboxylic acids is 1. The van der Waals surface area contributed by atoms with E-state index in [4.69, 9.17) is 16.5 Å². The zero-order valence-electron chi connectivity index (χ0n) is 15.2. The maximum Gasteiger partial charge on any atom is 0.352 e. The Kier molecular flexibility index (Phi) is 6.72. The van der Waals surface area contributed by atoms with E-state index in [1.807, 2.05) is 24.3 Å². The largest absolute Gasteiger partial charge is 0.387 e. The minimum absolute atomic E-state index is 0.349. The lowest BCUT2D eigenvalue weighted by molar-refractivity contribution is -0.210. The highest BCUT2D eigenvalue weighted by molar-refractivity contribution is 6.30. The van der Waals surface area contributed by atoms with Gasteiger partial charge in [-0.2, -0.15) is 0 Å². The number of rotatable bonds is 7. The smallest absolute Gasteiger partial charge is 0.352 e. The Labute approximate surface area is 164 Å². The van der Waals surface area contributed by atoms with Crippen LogP contribution in [0, 0.1) is 0 Å². The molecule has 2 aromatic rings. The number of halogens is 1. The molecule has 3 atom stereocenters. The summed E-state index contributed by atoms with van der Waals surface area (Å²) in [5, 5.41) is 14.4. The quantitative estimate of drug-likeness (QED) is 0.549. The molecule has 3 unspecified atom stereocenters. The Morgan fingerprint density at radius 3 is 2.85 bits per heavy atom. The minimum Gasteiger partial charge on any atom is -0.387 e. The van der Waals surface area contributed by atoms with Crippen molar-refractivity contribution in [3.63, 3.8) is 0 Å². The van der Waals surface area contributed by atoms with E-state index in [-0.39, 0.29) is 0 Å². The van der Waals surface area contributed by atoms with Gasteiger partial charge in [-0.1, -0.05) is 35.9 Å². The molecule has 0 amide bonds. The van der Waals surface area contributed by atoms with E-state index < -0.39 is 12.1 Å². The van der Waals surface area contributed by atoms with E-state index in [9.17, 15) is 9.90 Å². The molecule has 1 fully saturated rings. The third-order valence-corrected chi connectivity index (χ3v) is 5.09. The van der Waals surface area contributed by atoms with Gasteiger partial charge in [-0.25, -0.2) is 4.79 Å². The van der Waals surface area contributed by atoms with Crippen LogP contribution in [-0.2, 0) is 9.68 Å². The second-order valence-corrected chi connectivity index (χ2v) is 7.35. The van der Waals surface area contributed by atoms with Crippen molar-refractivity contribution in [1.29, 1.82) is 0 Å². The molecule has 0 bridgehead atoms. The first kappa shape index (κ1) is 19.7. The van der Waals surface area contributed by atoms with Crippen LogP contribution in [0.15, 0.2) is 48.5 Å². The van der Waals surface area contributed by atoms with Crippen LogP contribution in [0.1, 0.15) is 49.3 Å². The summed E-state index contributed by atoms with van der Waals surface area (Å²) < 4.78 is 0. The molecule has 1 saturated carbocycles. The second-order valence-electron chi connectivity index (χ2n) is 6.92. The average Bonchev–Trinajstić information content (AvgIpc) is 3.14. The topological polar surface area (TPSA) is 67.8 Å². The molecule has 0 aliphatic heterocycles. The van der Waals surface area contributed by atoms with Crippen molar-refractivity contribution < 1.29 is 19.7 Å². The molecule has 1 aliphatic carbocycles. The highest BCUT2D eigenvalue weighted by Gasteiger charge is 2.26. The Balaban J connectivity index is 1.51. The van der Waals surface area contributed by atoms with E-state index in [2.05, 4.69) is 16.3 Å². The summed E-state index contributed by atoms with van der Waals surface area (Å²) in [5.41, 5.74) is 1.99. The molecule has 0 saturated heterocycles. The molecule has 0 radical (unpaired) electrons. The van der Waals surface area contributed by atoms with Crippen LogP contribution >= 0.6 is 11.6 Å². The lowest BCUT2D eigenvalue weighted by Gasteiger charge is -2.17. The van der Waals surface area contributed by atoms with Gasteiger partial charge in [0, 0.05) is 24.5 Å². The molecule has 144 valence electrons. The lowest BCUT2D eigenvalue weighted by Crippen LogP contribution is -2.30. The summed E-state index contributed by atoms with van der Waals surface area (Å²) >= 11 is 5.99. The summed E-state index contributed by atoms with van der Waals surface area (Å²) in [7, 11) is 0. The first-order valence-electron chi connectivity index (χ1n) is 9.13. The predicted octanol–water partition coefficient (Wildman–Crippen LogP) is 4.16. The van der Waals surface area contributed by atoms with Gasteiger partial charge in [0.1, 0.15) is 0 Å². The molecule has 0 spiro atoms. The van der Waals surface area contributed by atoms with Gasteiger partial charge in [-0.05, 0) is 60.6 Å². The number of hydrogen-bond acceptors (Lipinski definition) is 5. The highest BCUT2D eigenvalue weighted by atomic mass is 35.5. The first-order chi connectivity index (χ1) is 13.0. The number of carbonyl (C=O) groups is 1. The van der Waals surface area contributed by atoms with Gasteiger partial charge in [0.15, 0.2) is 5.75 Å². The zero-order chi connectivity index (χ0) is 19.2. The summed E-state index contributed by atoms with van der Waals surface area (Å²) in [5.74, 6) is 0.450. The highest BCUT2D eigenvalue weighted by Crippen LogP contribution is 2.36. The fourth-order valence-corrected chi connectivity index (χ4v) is 3.71. The third-order valence-electron chi connectivity index (χ3n) is 4.85. The summed E-state index contributed by atoms with van der Waals surface area (Å²) in [6, 6.07) is 15.3. The fraction of sp³-hybridized carbons (Fsp3) is 0.381. The predicted molar refractivity (Wildman–Crippen MR) is 104 cm³/mol. The van der Waals surface area contributed by atoms with E-state index in [1.165, 1.54) is 12.5 Å². The molecular weight excluding hydrogens is 366 g/mol. The van der Waals surface area contributed by atoms with Gasteiger partial charge in [0.2, 0.25) is 0 Å². The average molecular weight is 390 g/mol. The summed E-state index contributed by atoms with van der Waals surface area (Å²) in [4.78, 5) is 20.5. The van der Waals surface area contributed by atoms with E-state index in [0.717, 1.165) is 24.8 Å². The third kappa shape index (κ3) is 5.70. The van der Waals surface area contributed by atoms with Crippen LogP contribution in [0.5, 0.6) is 5.75 Å². The number of hydrogen-bond donors (Lipinski definition) is 2. The first-order valence-corrected chi connectivity index (χ1v) is 9.51. The molecule has 27 heavy (non-hydrogen) atoms. The van der Waals surface area contributed by atoms with Gasteiger partial charge in [-0.3, -0.25) is 9.78 Å². The summed E-state index contributed by atoms with van der Waals surface area (Å²) in [6.45, 7) is 1.79. The van der Waals surface area contributed by atoms with Crippen molar-refractivity contribution in [3.05, 3.63) is 64.7 Å². The van der Waals surface area contributed by atoms with Gasteiger partial charge in [-0.15, -0.1) is 0 Å². The molecule has 2 N–H and O–H groups in total. The molecule has 6 heteroatoms. The van der Waals surface area contributed by atoms with E-state index >= 15 is 0 Å². The molecule has 3 rings (SSSR count). The van der Waals surface area contributed by atoms with Crippen LogP contribution < -0.4 is 10.2 Å². The fourth-order valence-electron chi connectivity index (χ4n) is 3.51. The van der Waals surface area contributed by atoms with Gasteiger partial charge in [0.05, 0.1) is 6.10 Å². The van der Waals surface area contributed by atoms with Gasteiger partial charge in [0.25, 0.3) is 0 Å². The molecular formula is C21H24ClNO4. The Hall–Kier alpha value is -2.08. The molecule has 0 aromatic heterocycles. The maximum atomic E-state index is 10.9. The van der Waals surface area contributed by atoms with E-state index in [1.54, 1.807) is 18.2 Å². The SMILES string of the molecule is CC(=O)OOc1cccc(C2CCC(NCC(O)c3cccc(Cl)c3)C2)c1. The maximum absolute atomic E-state index is 10.9. The number of benzene rings is 2. The molecule has 1 aliphatic rings. The molecule has 0 heterocycles. The van der Waals surface area contributed by atoms with Crippen LogP contribution in [0.4, 0.5) is 0 Å². The minimum atomic E-state index is -0.580. The monoisotopic (exact) mass is 389 g/mol. The van der Waals surface area contributed by atoms with E-state index in [0.29, 0.717) is 29.3 Å². The standard InChI is InChI=1S/C21H24ClNO4/c1-14(24)26-27-20-7-3-4-15(12-20)16-8-9-19(11-16)23-13-21(25)17-5-2-6-18(22)10-17/h2-7,10,12,16,19,21,23,25H,8-9,11,13H2,1H3. The lowest BCUT2D eigenvalue weighted by atomic mass is 9.97. The molecule has 2 aromatic carbocycles. The summed E-state index contributed by atoms with van der Waals surface area (Å²) in [6.07, 6.45) is 2.51. The normalized spacial score (nSPS) is 20.3. The van der Waals surface area contributed by atoms with Crippen LogP contribution in [0.3, 0.4) is 0 Å².